The molecule has 2 atom stereocenters. The molecule has 2 unspecified atom stereocenters. The van der Waals surface area contributed by atoms with Crippen molar-refractivity contribution in [2.45, 2.75) is 45.8 Å². The second-order valence-electron chi connectivity index (χ2n) is 5.82. The van der Waals surface area contributed by atoms with Gasteiger partial charge in [-0.05, 0) is 30.5 Å². The zero-order valence-electron chi connectivity index (χ0n) is 13.6. The summed E-state index contributed by atoms with van der Waals surface area (Å²) in [6.07, 6.45) is 0.578. The highest BCUT2D eigenvalue weighted by Gasteiger charge is 2.15. The average molecular weight is 309 g/mol. The van der Waals surface area contributed by atoms with Gasteiger partial charge in [-0.1, -0.05) is 32.9 Å². The lowest BCUT2D eigenvalue weighted by Crippen LogP contribution is -2.35. The van der Waals surface area contributed by atoms with Gasteiger partial charge in [-0.3, -0.25) is 4.79 Å². The summed E-state index contributed by atoms with van der Waals surface area (Å²) < 4.78 is 5.53. The summed E-state index contributed by atoms with van der Waals surface area (Å²) in [6, 6.07) is 7.70. The maximum Gasteiger partial charge on any atom is 0.306 e. The molecule has 1 aromatic rings. The predicted molar refractivity (Wildman–Crippen MR) is 86.2 cm³/mol. The molecule has 0 bridgehead atoms. The molecule has 0 spiro atoms. The zero-order valence-corrected chi connectivity index (χ0v) is 13.6. The maximum atomic E-state index is 11.0. The molecule has 0 aliphatic carbocycles. The first kappa shape index (κ1) is 18.5. The van der Waals surface area contributed by atoms with Crippen LogP contribution < -0.4 is 10.1 Å². The van der Waals surface area contributed by atoms with Crippen LogP contribution in [-0.2, 0) is 11.2 Å². The van der Waals surface area contributed by atoms with E-state index in [4.69, 9.17) is 9.84 Å². The van der Waals surface area contributed by atoms with Crippen molar-refractivity contribution < 1.29 is 19.7 Å². The molecule has 5 nitrogen and oxygen atoms in total. The number of carboxylic acid groups (broad SMARTS) is 1. The van der Waals surface area contributed by atoms with Gasteiger partial charge in [0.15, 0.2) is 0 Å². The van der Waals surface area contributed by atoms with E-state index in [9.17, 15) is 9.90 Å². The molecule has 0 fully saturated rings. The van der Waals surface area contributed by atoms with E-state index in [1.807, 2.05) is 45.0 Å². The molecule has 0 aromatic heterocycles. The Hall–Kier alpha value is -1.59. The third-order valence-electron chi connectivity index (χ3n) is 3.45. The maximum absolute atomic E-state index is 11.0. The summed E-state index contributed by atoms with van der Waals surface area (Å²) in [7, 11) is 0. The van der Waals surface area contributed by atoms with Crippen molar-refractivity contribution in [3.8, 4) is 5.75 Å². The standard InChI is InChI=1S/C17H27NO4/c1-4-14(17(20)21)9-13-5-7-16(8-6-13)22-11-15(19)10-18-12(2)3/h5-8,12,14-15,18-19H,4,9-11H2,1-3H3,(H,20,21). The highest BCUT2D eigenvalue weighted by Crippen LogP contribution is 2.17. The lowest BCUT2D eigenvalue weighted by molar-refractivity contribution is -0.141. The fraction of sp³-hybridized carbons (Fsp3) is 0.588. The number of carboxylic acids is 1. The minimum Gasteiger partial charge on any atom is -0.491 e. The Morgan fingerprint density at radius 3 is 2.41 bits per heavy atom. The molecule has 1 rings (SSSR count). The predicted octanol–water partition coefficient (Wildman–Crippen LogP) is 2.08. The Kier molecular flexibility index (Phi) is 7.91. The van der Waals surface area contributed by atoms with Crippen molar-refractivity contribution in [1.29, 1.82) is 0 Å². The van der Waals surface area contributed by atoms with E-state index in [1.54, 1.807) is 0 Å². The van der Waals surface area contributed by atoms with Crippen molar-refractivity contribution in [2.24, 2.45) is 5.92 Å². The summed E-state index contributed by atoms with van der Waals surface area (Å²) in [5.74, 6) is -0.435. The van der Waals surface area contributed by atoms with Gasteiger partial charge in [-0.25, -0.2) is 0 Å². The summed E-state index contributed by atoms with van der Waals surface area (Å²) in [5.41, 5.74) is 0.976. The van der Waals surface area contributed by atoms with Crippen LogP contribution in [0, 0.1) is 5.92 Å². The zero-order chi connectivity index (χ0) is 16.5. The van der Waals surface area contributed by atoms with Crippen molar-refractivity contribution in [3.05, 3.63) is 29.8 Å². The Labute approximate surface area is 132 Å². The molecule has 0 amide bonds. The fourth-order valence-electron chi connectivity index (χ4n) is 2.04. The number of aliphatic hydroxyl groups is 1. The monoisotopic (exact) mass is 309 g/mol. The van der Waals surface area contributed by atoms with E-state index in [1.165, 1.54) is 0 Å². The topological polar surface area (TPSA) is 78.8 Å². The van der Waals surface area contributed by atoms with Crippen LogP contribution in [0.1, 0.15) is 32.8 Å². The molecule has 3 N–H and O–H groups in total. The number of aliphatic hydroxyl groups excluding tert-OH is 1. The quantitative estimate of drug-likeness (QED) is 0.617. The molecule has 0 saturated carbocycles. The van der Waals surface area contributed by atoms with E-state index in [0.29, 0.717) is 31.2 Å². The highest BCUT2D eigenvalue weighted by molar-refractivity contribution is 5.70. The number of rotatable bonds is 10. The van der Waals surface area contributed by atoms with Gasteiger partial charge in [0.1, 0.15) is 18.5 Å². The number of nitrogens with one attached hydrogen (secondary N) is 1. The van der Waals surface area contributed by atoms with Crippen molar-refractivity contribution in [3.63, 3.8) is 0 Å². The van der Waals surface area contributed by atoms with Crippen LogP contribution in [0.4, 0.5) is 0 Å². The summed E-state index contributed by atoms with van der Waals surface area (Å²) in [5, 5.41) is 22.0. The normalized spacial score (nSPS) is 13.9. The van der Waals surface area contributed by atoms with Gasteiger partial charge < -0.3 is 20.3 Å². The van der Waals surface area contributed by atoms with Crippen LogP contribution in [0.25, 0.3) is 0 Å². The largest absolute Gasteiger partial charge is 0.491 e. The minimum atomic E-state index is -0.761. The number of ether oxygens (including phenoxy) is 1. The number of aliphatic carboxylic acids is 1. The van der Waals surface area contributed by atoms with Gasteiger partial charge in [-0.15, -0.1) is 0 Å². The smallest absolute Gasteiger partial charge is 0.306 e. The molecule has 0 aliphatic heterocycles. The molecule has 0 heterocycles. The molecule has 124 valence electrons. The second kappa shape index (κ2) is 9.43. The van der Waals surface area contributed by atoms with E-state index >= 15 is 0 Å². The first-order chi connectivity index (χ1) is 10.4. The first-order valence-electron chi connectivity index (χ1n) is 7.78. The fourth-order valence-corrected chi connectivity index (χ4v) is 2.04. The van der Waals surface area contributed by atoms with Gasteiger partial charge in [0.05, 0.1) is 5.92 Å². The summed E-state index contributed by atoms with van der Waals surface area (Å²) >= 11 is 0. The van der Waals surface area contributed by atoms with Gasteiger partial charge in [0.25, 0.3) is 0 Å². The Bertz CT molecular complexity index is 444. The summed E-state index contributed by atoms with van der Waals surface area (Å²) in [6.45, 7) is 6.64. The molecule has 0 saturated heterocycles. The van der Waals surface area contributed by atoms with E-state index in [0.717, 1.165) is 5.56 Å². The van der Waals surface area contributed by atoms with Gasteiger partial charge >= 0.3 is 5.97 Å². The van der Waals surface area contributed by atoms with Gasteiger partial charge in [0, 0.05) is 12.6 Å². The lowest BCUT2D eigenvalue weighted by Gasteiger charge is -2.15. The van der Waals surface area contributed by atoms with Gasteiger partial charge in [-0.2, -0.15) is 0 Å². The number of hydrogen-bond donors (Lipinski definition) is 3. The van der Waals surface area contributed by atoms with Crippen LogP contribution in [0.5, 0.6) is 5.75 Å². The molecule has 5 heteroatoms. The highest BCUT2D eigenvalue weighted by atomic mass is 16.5. The van der Waals surface area contributed by atoms with Crippen LogP contribution in [0.3, 0.4) is 0 Å². The molecule has 1 aromatic carbocycles. The van der Waals surface area contributed by atoms with Crippen molar-refractivity contribution >= 4 is 5.97 Å². The third-order valence-corrected chi connectivity index (χ3v) is 3.45. The second-order valence-corrected chi connectivity index (χ2v) is 5.82. The molecular formula is C17H27NO4. The Balaban J connectivity index is 2.43. The van der Waals surface area contributed by atoms with Gasteiger partial charge in [0.2, 0.25) is 0 Å². The molecular weight excluding hydrogens is 282 g/mol. The van der Waals surface area contributed by atoms with Crippen LogP contribution in [0.15, 0.2) is 24.3 Å². The summed E-state index contributed by atoms with van der Waals surface area (Å²) in [4.78, 5) is 11.0. The minimum absolute atomic E-state index is 0.228. The molecule has 22 heavy (non-hydrogen) atoms. The SMILES string of the molecule is CCC(Cc1ccc(OCC(O)CNC(C)C)cc1)C(=O)O. The van der Waals surface area contributed by atoms with Crippen molar-refractivity contribution in [1.82, 2.24) is 5.32 Å². The number of carbonyl (C=O) groups is 1. The third kappa shape index (κ3) is 6.91. The van der Waals surface area contributed by atoms with E-state index in [2.05, 4.69) is 5.32 Å². The molecule has 0 aliphatic rings. The lowest BCUT2D eigenvalue weighted by atomic mass is 9.97. The van der Waals surface area contributed by atoms with Crippen LogP contribution in [0.2, 0.25) is 0 Å². The van der Waals surface area contributed by atoms with Crippen LogP contribution >= 0.6 is 0 Å². The van der Waals surface area contributed by atoms with E-state index in [-0.39, 0.29) is 12.5 Å². The number of benzene rings is 1. The van der Waals surface area contributed by atoms with Crippen LogP contribution in [-0.4, -0.2) is 41.5 Å². The van der Waals surface area contributed by atoms with Crippen molar-refractivity contribution in [2.75, 3.05) is 13.2 Å². The first-order valence-corrected chi connectivity index (χ1v) is 7.78. The van der Waals surface area contributed by atoms with E-state index < -0.39 is 12.1 Å². The average Bonchev–Trinajstić information content (AvgIpc) is 2.49. The Morgan fingerprint density at radius 2 is 1.91 bits per heavy atom. The Morgan fingerprint density at radius 1 is 1.27 bits per heavy atom. The number of hydrogen-bond acceptors (Lipinski definition) is 4. The molecule has 0 radical (unpaired) electrons.